The van der Waals surface area contributed by atoms with Crippen molar-refractivity contribution in [3.63, 3.8) is 0 Å². The van der Waals surface area contributed by atoms with Crippen LogP contribution in [0, 0.1) is 0 Å². The van der Waals surface area contributed by atoms with Crippen LogP contribution in [0.4, 0.5) is 12.9 Å². The van der Waals surface area contributed by atoms with Crippen molar-refractivity contribution in [1.82, 2.24) is 0 Å². The fourth-order valence-electron chi connectivity index (χ4n) is 1.66. The van der Waals surface area contributed by atoms with E-state index < -0.39 is 13.3 Å². The summed E-state index contributed by atoms with van der Waals surface area (Å²) in [5.74, 6) is 0.524. The summed E-state index contributed by atoms with van der Waals surface area (Å²) in [6.45, 7) is -4.70. The number of hydrogen-bond acceptors (Lipinski definition) is 0. The third-order valence-electron chi connectivity index (χ3n) is 2.47. The van der Waals surface area contributed by atoms with Crippen molar-refractivity contribution in [1.29, 1.82) is 0 Å². The average Bonchev–Trinajstić information content (AvgIpc) is 2.83. The van der Waals surface area contributed by atoms with Crippen molar-refractivity contribution in [3.05, 3.63) is 35.4 Å². The number of rotatable bonds is 3. The van der Waals surface area contributed by atoms with Crippen molar-refractivity contribution < 1.29 is 12.9 Å². The fourth-order valence-corrected chi connectivity index (χ4v) is 1.66. The first-order valence-corrected chi connectivity index (χ1v) is 4.84. The maximum absolute atomic E-state index is 12.2. The molecule has 1 aliphatic rings. The standard InChI is InChI=1S/C10H11BF3/c12-11(13,14)7-8-2-1-3-10(6-8)9-4-5-9/h1-3,6,9H,4-5,7H2/q-1. The Hall–Kier alpha value is -0.925. The van der Waals surface area contributed by atoms with Gasteiger partial charge in [0.15, 0.2) is 0 Å². The molecular weight excluding hydrogens is 188 g/mol. The van der Waals surface area contributed by atoms with Gasteiger partial charge in [-0.3, -0.25) is 0 Å². The minimum Gasteiger partial charge on any atom is -0.449 e. The summed E-state index contributed by atoms with van der Waals surface area (Å²) < 4.78 is 36.5. The van der Waals surface area contributed by atoms with Crippen LogP contribution in [0.15, 0.2) is 24.3 Å². The Kier molecular flexibility index (Phi) is 2.29. The lowest BCUT2D eigenvalue weighted by Gasteiger charge is -2.13. The zero-order valence-corrected chi connectivity index (χ0v) is 7.72. The molecule has 0 heterocycles. The van der Waals surface area contributed by atoms with E-state index in [1.807, 2.05) is 6.07 Å². The third-order valence-corrected chi connectivity index (χ3v) is 2.47. The lowest BCUT2D eigenvalue weighted by atomic mass is 9.81. The van der Waals surface area contributed by atoms with Gasteiger partial charge in [0.2, 0.25) is 0 Å². The van der Waals surface area contributed by atoms with Crippen LogP contribution in [0.3, 0.4) is 0 Å². The van der Waals surface area contributed by atoms with Crippen molar-refractivity contribution >= 4 is 6.98 Å². The van der Waals surface area contributed by atoms with Gasteiger partial charge < -0.3 is 12.9 Å². The molecule has 1 saturated carbocycles. The van der Waals surface area contributed by atoms with Crippen LogP contribution in [0.25, 0.3) is 0 Å². The molecule has 4 heteroatoms. The lowest BCUT2D eigenvalue weighted by Crippen LogP contribution is -2.19. The highest BCUT2D eigenvalue weighted by Crippen LogP contribution is 2.40. The highest BCUT2D eigenvalue weighted by Gasteiger charge is 2.26. The van der Waals surface area contributed by atoms with Gasteiger partial charge in [-0.15, -0.1) is 0 Å². The molecule has 1 aliphatic carbocycles. The minimum atomic E-state index is -4.70. The number of hydrogen-bond donors (Lipinski definition) is 0. The maximum Gasteiger partial charge on any atom is 0.482 e. The normalized spacial score (nSPS) is 17.1. The van der Waals surface area contributed by atoms with Gasteiger partial charge in [0, 0.05) is 0 Å². The Morgan fingerprint density at radius 3 is 2.50 bits per heavy atom. The molecule has 2 rings (SSSR count). The van der Waals surface area contributed by atoms with Crippen LogP contribution in [0.2, 0.25) is 0 Å². The molecule has 0 bridgehead atoms. The smallest absolute Gasteiger partial charge is 0.449 e. The van der Waals surface area contributed by atoms with Crippen molar-refractivity contribution in [2.45, 2.75) is 25.1 Å². The van der Waals surface area contributed by atoms with Gasteiger partial charge >= 0.3 is 6.98 Å². The van der Waals surface area contributed by atoms with Crippen LogP contribution < -0.4 is 0 Å². The van der Waals surface area contributed by atoms with Crippen LogP contribution in [0.5, 0.6) is 0 Å². The first kappa shape index (κ1) is 9.62. The largest absolute Gasteiger partial charge is 0.482 e. The Morgan fingerprint density at radius 1 is 1.21 bits per heavy atom. The Labute approximate surface area is 81.2 Å². The lowest BCUT2D eigenvalue weighted by molar-refractivity contribution is 0.468. The van der Waals surface area contributed by atoms with Crippen LogP contribution >= 0.6 is 0 Å². The molecule has 0 saturated heterocycles. The molecule has 1 aromatic carbocycles. The Bertz CT molecular complexity index is 328. The van der Waals surface area contributed by atoms with E-state index in [-0.39, 0.29) is 0 Å². The second-order valence-corrected chi connectivity index (χ2v) is 3.93. The van der Waals surface area contributed by atoms with Gasteiger partial charge in [0.05, 0.1) is 0 Å². The summed E-state index contributed by atoms with van der Waals surface area (Å²) in [4.78, 5) is 0. The minimum absolute atomic E-state index is 0.405. The quantitative estimate of drug-likeness (QED) is 0.653. The topological polar surface area (TPSA) is 0 Å². The van der Waals surface area contributed by atoms with Crippen molar-refractivity contribution in [2.24, 2.45) is 0 Å². The molecule has 0 unspecified atom stereocenters. The summed E-state index contributed by atoms with van der Waals surface area (Å²) in [6.07, 6.45) is 1.50. The monoisotopic (exact) mass is 199 g/mol. The zero-order chi connectivity index (χ0) is 10.2. The van der Waals surface area contributed by atoms with Crippen molar-refractivity contribution in [3.8, 4) is 0 Å². The molecule has 0 aliphatic heterocycles. The molecule has 0 atom stereocenters. The average molecular weight is 199 g/mol. The molecule has 0 N–H and O–H groups in total. The van der Waals surface area contributed by atoms with Crippen LogP contribution in [-0.2, 0) is 6.32 Å². The predicted molar refractivity (Wildman–Crippen MR) is 51.2 cm³/mol. The SMILES string of the molecule is F[B-](F)(F)Cc1cccc(C2CC2)c1. The van der Waals surface area contributed by atoms with Gasteiger partial charge in [0.25, 0.3) is 0 Å². The third kappa shape index (κ3) is 2.53. The number of halogens is 3. The van der Waals surface area contributed by atoms with E-state index in [0.717, 1.165) is 18.4 Å². The summed E-state index contributed by atoms with van der Waals surface area (Å²) in [5.41, 5.74) is 1.48. The molecule has 0 aromatic heterocycles. The Morgan fingerprint density at radius 2 is 1.93 bits per heavy atom. The molecule has 14 heavy (non-hydrogen) atoms. The predicted octanol–water partition coefficient (Wildman–Crippen LogP) is 3.49. The molecule has 1 fully saturated rings. The first-order chi connectivity index (χ1) is 6.54. The molecule has 0 nitrogen and oxygen atoms in total. The molecule has 76 valence electrons. The fraction of sp³-hybridized carbons (Fsp3) is 0.400. The summed E-state index contributed by atoms with van der Waals surface area (Å²) >= 11 is 0. The van der Waals surface area contributed by atoms with Crippen LogP contribution in [-0.4, -0.2) is 6.98 Å². The van der Waals surface area contributed by atoms with Gasteiger partial charge in [-0.1, -0.05) is 36.1 Å². The van der Waals surface area contributed by atoms with E-state index in [2.05, 4.69) is 0 Å². The van der Waals surface area contributed by atoms with Gasteiger partial charge in [0.1, 0.15) is 0 Å². The van der Waals surface area contributed by atoms with Crippen LogP contribution in [0.1, 0.15) is 29.9 Å². The van der Waals surface area contributed by atoms with E-state index in [4.69, 9.17) is 0 Å². The molecule has 1 aromatic rings. The highest BCUT2D eigenvalue weighted by molar-refractivity contribution is 6.57. The first-order valence-electron chi connectivity index (χ1n) is 4.84. The van der Waals surface area contributed by atoms with Gasteiger partial charge in [-0.05, 0) is 24.3 Å². The van der Waals surface area contributed by atoms with E-state index in [9.17, 15) is 12.9 Å². The molecule has 0 spiro atoms. The van der Waals surface area contributed by atoms with E-state index >= 15 is 0 Å². The second kappa shape index (κ2) is 3.33. The highest BCUT2D eigenvalue weighted by atomic mass is 19.4. The molecule has 0 amide bonds. The molecular formula is C10H11BF3-. The summed E-state index contributed by atoms with van der Waals surface area (Å²) in [6, 6.07) is 6.91. The maximum atomic E-state index is 12.2. The van der Waals surface area contributed by atoms with Gasteiger partial charge in [-0.25, -0.2) is 0 Å². The van der Waals surface area contributed by atoms with Crippen molar-refractivity contribution in [2.75, 3.05) is 0 Å². The Balaban J connectivity index is 2.13. The zero-order valence-electron chi connectivity index (χ0n) is 7.72. The van der Waals surface area contributed by atoms with E-state index in [1.165, 1.54) is 0 Å². The van der Waals surface area contributed by atoms with E-state index in [0.29, 0.717) is 11.5 Å². The van der Waals surface area contributed by atoms with E-state index in [1.54, 1.807) is 18.2 Å². The summed E-state index contributed by atoms with van der Waals surface area (Å²) in [5, 5.41) is 0. The molecule has 0 radical (unpaired) electrons. The second-order valence-electron chi connectivity index (χ2n) is 3.93. The van der Waals surface area contributed by atoms with Gasteiger partial charge in [-0.2, -0.15) is 0 Å². The number of benzene rings is 1. The summed E-state index contributed by atoms with van der Waals surface area (Å²) in [7, 11) is 0.